The van der Waals surface area contributed by atoms with Crippen molar-refractivity contribution in [3.05, 3.63) is 0 Å². The number of primary sulfonamides is 2. The number of amides is 2. The van der Waals surface area contributed by atoms with Gasteiger partial charge in [-0.1, -0.05) is 22.7 Å². The maximum Gasteiger partial charge on any atom is 0.317 e. The summed E-state index contributed by atoms with van der Waals surface area (Å²) in [7, 11) is -8.28. The molecular formula is C14H20N10O10S4Zn. The molecule has 2 aromatic rings. The number of carbonyl (C=O) groups excluding carboxylic acids is 2. The third-order valence-electron chi connectivity index (χ3n) is 3.98. The number of nitrogens with zero attached hydrogens (tertiary/aromatic N) is 6. The number of carboxylic acid groups (broad SMARTS) is 2. The average molecular weight is 682 g/mol. The zero-order valence-electron chi connectivity index (χ0n) is 19.6. The number of hydrogen-bond acceptors (Lipinski definition) is 16. The topological polar surface area (TPSA) is 311 Å². The molecule has 0 aromatic carbocycles. The maximum absolute atomic E-state index is 12.3. The largest absolute Gasteiger partial charge is 0.480 e. The third kappa shape index (κ3) is 12.4. The van der Waals surface area contributed by atoms with Crippen LogP contribution >= 0.6 is 22.7 Å². The molecule has 25 heteroatoms. The van der Waals surface area contributed by atoms with Gasteiger partial charge < -0.3 is 10.2 Å². The van der Waals surface area contributed by atoms with Crippen LogP contribution in [0.2, 0.25) is 0 Å². The standard InChI is InChI=1S/C14H20N10O10S4.Zn/c15-37(31,32)13-21-19-11(35-13)17-7(25)3-23(5-9(27)28)1-2-24(6-10(29)30)4-8(26)18-12-20-22-14(36-12)38(16,33)34;/h1-6H2,(H,27,28)(H,29,30)(H2,15,31,32)(H2,16,33,34)(H,17,19,25)(H,18,20,26);. The van der Waals surface area contributed by atoms with Crippen LogP contribution in [-0.4, -0.2) is 120 Å². The minimum Gasteiger partial charge on any atom is -0.480 e. The Kier molecular flexibility index (Phi) is 12.9. The number of carbonyl (C=O) groups is 4. The van der Waals surface area contributed by atoms with Gasteiger partial charge in [0.15, 0.2) is 0 Å². The van der Waals surface area contributed by atoms with Crippen LogP contribution < -0.4 is 20.9 Å². The molecular weight excluding hydrogens is 662 g/mol. The van der Waals surface area contributed by atoms with Crippen LogP contribution in [-0.2, 0) is 58.7 Å². The van der Waals surface area contributed by atoms with Gasteiger partial charge in [0, 0.05) is 32.6 Å². The van der Waals surface area contributed by atoms with Crippen molar-refractivity contribution in [1.29, 1.82) is 0 Å². The van der Waals surface area contributed by atoms with Gasteiger partial charge in [0.2, 0.25) is 30.8 Å². The second-order valence-electron chi connectivity index (χ2n) is 7.14. The number of hydrogen-bond donors (Lipinski definition) is 6. The molecule has 39 heavy (non-hydrogen) atoms. The van der Waals surface area contributed by atoms with E-state index >= 15 is 0 Å². The van der Waals surface area contributed by atoms with Crippen LogP contribution in [0.4, 0.5) is 10.3 Å². The summed E-state index contributed by atoms with van der Waals surface area (Å²) in [5.74, 6) is -4.19. The molecule has 0 fully saturated rings. The van der Waals surface area contributed by atoms with E-state index in [1.807, 2.05) is 0 Å². The van der Waals surface area contributed by atoms with Crippen LogP contribution in [0, 0.1) is 0 Å². The number of rotatable bonds is 15. The minimum absolute atomic E-state index is 0. The molecule has 0 bridgehead atoms. The van der Waals surface area contributed by atoms with E-state index in [9.17, 15) is 36.0 Å². The van der Waals surface area contributed by atoms with E-state index in [-0.39, 0.29) is 42.8 Å². The quantitative estimate of drug-likeness (QED) is 0.0771. The second-order valence-corrected chi connectivity index (χ2v) is 12.6. The van der Waals surface area contributed by atoms with E-state index in [0.717, 1.165) is 9.80 Å². The van der Waals surface area contributed by atoms with Gasteiger partial charge in [-0.2, -0.15) is 0 Å². The molecule has 8 N–H and O–H groups in total. The number of nitrogens with one attached hydrogen (secondary N) is 2. The first-order valence-corrected chi connectivity index (χ1v) is 14.5. The Bertz CT molecular complexity index is 1310. The van der Waals surface area contributed by atoms with Crippen molar-refractivity contribution in [2.24, 2.45) is 10.3 Å². The predicted molar refractivity (Wildman–Crippen MR) is 128 cm³/mol. The molecule has 0 spiro atoms. The fourth-order valence-electron chi connectivity index (χ4n) is 2.57. The van der Waals surface area contributed by atoms with Crippen molar-refractivity contribution in [3.63, 3.8) is 0 Å². The number of aromatic nitrogens is 4. The normalized spacial score (nSPS) is 11.7. The second kappa shape index (κ2) is 14.7. The zero-order chi connectivity index (χ0) is 28.7. The maximum atomic E-state index is 12.3. The average Bonchev–Trinajstić information content (AvgIpc) is 3.40. The minimum atomic E-state index is -4.14. The van der Waals surface area contributed by atoms with E-state index in [1.165, 1.54) is 0 Å². The molecule has 0 aliphatic rings. The van der Waals surface area contributed by atoms with Crippen molar-refractivity contribution in [2.75, 3.05) is 49.9 Å². The van der Waals surface area contributed by atoms with Gasteiger partial charge in [0.1, 0.15) is 0 Å². The van der Waals surface area contributed by atoms with E-state index in [0.29, 0.717) is 22.7 Å². The SMILES string of the molecule is NS(=O)(=O)c1nnc(NC(=O)CN(CCN(CC(=O)O)CC(=O)Nc2nnc(S(N)(=O)=O)s2)CC(=O)O)s1.[Zn]. The van der Waals surface area contributed by atoms with Crippen molar-refractivity contribution in [3.8, 4) is 0 Å². The van der Waals surface area contributed by atoms with Crippen LogP contribution in [0.3, 0.4) is 0 Å². The summed E-state index contributed by atoms with van der Waals surface area (Å²) >= 11 is 0.951. The van der Waals surface area contributed by atoms with Crippen molar-refractivity contribution in [2.45, 2.75) is 8.68 Å². The molecule has 2 heterocycles. The van der Waals surface area contributed by atoms with Gasteiger partial charge in [-0.25, -0.2) is 27.1 Å². The van der Waals surface area contributed by atoms with E-state index in [1.54, 1.807) is 0 Å². The predicted octanol–water partition coefficient (Wildman–Crippen LogP) is -3.97. The fourth-order valence-corrected chi connectivity index (χ4v) is 5.27. The van der Waals surface area contributed by atoms with Gasteiger partial charge in [-0.05, 0) is 0 Å². The summed E-state index contributed by atoms with van der Waals surface area (Å²) in [6.45, 7) is -2.70. The summed E-state index contributed by atoms with van der Waals surface area (Å²) in [4.78, 5) is 49.3. The first-order valence-electron chi connectivity index (χ1n) is 9.73. The first kappa shape index (κ1) is 34.4. The summed E-state index contributed by atoms with van der Waals surface area (Å²) in [6, 6.07) is 0. The van der Waals surface area contributed by atoms with Crippen molar-refractivity contribution >= 4 is 76.7 Å². The van der Waals surface area contributed by atoms with E-state index in [4.69, 9.17) is 20.5 Å². The van der Waals surface area contributed by atoms with Crippen LogP contribution in [0.1, 0.15) is 0 Å². The Hall–Kier alpha value is -2.64. The summed E-state index contributed by atoms with van der Waals surface area (Å²) in [6.07, 6.45) is 0. The van der Waals surface area contributed by atoms with Crippen molar-refractivity contribution in [1.82, 2.24) is 30.2 Å². The molecule has 0 saturated heterocycles. The number of carboxylic acids is 2. The molecule has 0 saturated carbocycles. The smallest absolute Gasteiger partial charge is 0.317 e. The number of sulfonamides is 2. The molecule has 212 valence electrons. The number of nitrogens with two attached hydrogens (primary N) is 2. The van der Waals surface area contributed by atoms with E-state index in [2.05, 4.69) is 31.0 Å². The molecule has 0 aliphatic heterocycles. The zero-order valence-corrected chi connectivity index (χ0v) is 25.8. The van der Waals surface area contributed by atoms with E-state index < -0.39 is 78.7 Å². The molecule has 0 unspecified atom stereocenters. The molecule has 0 aliphatic carbocycles. The van der Waals surface area contributed by atoms with Gasteiger partial charge in [0.05, 0.1) is 26.2 Å². The number of aliphatic carboxylic acids is 2. The Balaban J connectivity index is 0.00000760. The Labute approximate surface area is 240 Å². The molecule has 0 radical (unpaired) electrons. The third-order valence-corrected chi connectivity index (χ3v) is 8.27. The van der Waals surface area contributed by atoms with Crippen molar-refractivity contribution < 1.29 is 65.7 Å². The molecule has 2 amide bonds. The first-order chi connectivity index (χ1) is 17.5. The van der Waals surface area contributed by atoms with Gasteiger partial charge >= 0.3 is 11.9 Å². The van der Waals surface area contributed by atoms with Crippen LogP contribution in [0.15, 0.2) is 8.68 Å². The van der Waals surface area contributed by atoms with Gasteiger partial charge in [-0.15, -0.1) is 20.4 Å². The summed E-state index contributed by atoms with van der Waals surface area (Å²) in [5, 5.41) is 45.8. The van der Waals surface area contributed by atoms with Crippen LogP contribution in [0.25, 0.3) is 0 Å². The van der Waals surface area contributed by atoms with Crippen LogP contribution in [0.5, 0.6) is 0 Å². The molecule has 2 aromatic heterocycles. The van der Waals surface area contributed by atoms with Gasteiger partial charge in [-0.3, -0.25) is 39.6 Å². The summed E-state index contributed by atoms with van der Waals surface area (Å²) in [5.41, 5.74) is 0. The fraction of sp³-hybridized carbons (Fsp3) is 0.429. The molecule has 0 atom stereocenters. The van der Waals surface area contributed by atoms with Gasteiger partial charge in [0.25, 0.3) is 20.0 Å². The molecule has 20 nitrogen and oxygen atoms in total. The molecule has 2 rings (SSSR count). The monoisotopic (exact) mass is 680 g/mol. The Morgan fingerprint density at radius 2 is 1.03 bits per heavy atom. The Morgan fingerprint density at radius 1 is 0.692 bits per heavy atom. The summed E-state index contributed by atoms with van der Waals surface area (Å²) < 4.78 is 44.0. The number of anilines is 2. The Morgan fingerprint density at radius 3 is 1.28 bits per heavy atom.